The van der Waals surface area contributed by atoms with Crippen molar-refractivity contribution in [3.8, 4) is 0 Å². The van der Waals surface area contributed by atoms with E-state index in [4.69, 9.17) is 52.3 Å². The monoisotopic (exact) mass is 1350 g/mol. The highest BCUT2D eigenvalue weighted by Crippen LogP contribution is 2.42. The minimum Gasteiger partial charge on any atom is -0.411 e. The molecule has 2 unspecified atom stereocenters. The van der Waals surface area contributed by atoms with Crippen molar-refractivity contribution in [2.75, 3.05) is 66.0 Å². The molecular weight excluding hydrogens is 1230 g/mol. The lowest BCUT2D eigenvalue weighted by Gasteiger charge is -2.48. The van der Waals surface area contributed by atoms with Crippen LogP contribution in [0.2, 0.25) is 36.3 Å². The number of hydrogen-bond donors (Lipinski definition) is 1. The number of amides is 1. The van der Waals surface area contributed by atoms with Gasteiger partial charge in [-0.15, -0.1) is 0 Å². The molecule has 3 aromatic rings. The van der Waals surface area contributed by atoms with Gasteiger partial charge in [-0.3, -0.25) is 4.79 Å². The summed E-state index contributed by atoms with van der Waals surface area (Å²) in [6.07, 6.45) is 31.3. The van der Waals surface area contributed by atoms with E-state index >= 15 is 0 Å². The lowest BCUT2D eigenvalue weighted by molar-refractivity contribution is -0.309. The van der Waals surface area contributed by atoms with Crippen molar-refractivity contribution >= 4 is 22.5 Å². The lowest BCUT2D eigenvalue weighted by Crippen LogP contribution is -2.61. The fourth-order valence-electron chi connectivity index (χ4n) is 10.7. The van der Waals surface area contributed by atoms with Gasteiger partial charge in [-0.2, -0.15) is 0 Å². The molecule has 0 bridgehead atoms. The topological polar surface area (TPSA) is 170 Å². The van der Waals surface area contributed by atoms with E-state index < -0.39 is 53.4 Å². The van der Waals surface area contributed by atoms with E-state index in [1.54, 1.807) is 0 Å². The Balaban J connectivity index is 1.66. The Morgan fingerprint density at radius 3 is 1.62 bits per heavy atom. The molecular formula is C78H126N4O11Si2. The van der Waals surface area contributed by atoms with Gasteiger partial charge in [-0.05, 0) is 123 Å². The Morgan fingerprint density at radius 2 is 1.07 bits per heavy atom. The second-order valence-corrected chi connectivity index (χ2v) is 37.8. The highest BCUT2D eigenvalue weighted by Gasteiger charge is 2.49. The lowest BCUT2D eigenvalue weighted by atomic mass is 9.90. The van der Waals surface area contributed by atoms with Gasteiger partial charge in [-0.25, -0.2) is 0 Å². The van der Waals surface area contributed by atoms with Crippen LogP contribution < -0.4 is 5.32 Å². The second kappa shape index (κ2) is 48.2. The number of unbranched alkanes of at least 4 members (excludes halogenated alkanes) is 8. The highest BCUT2D eigenvalue weighted by atomic mass is 28.4. The normalized spacial score (nSPS) is 18.5. The summed E-state index contributed by atoms with van der Waals surface area (Å²) < 4.78 is 67.2. The summed E-state index contributed by atoms with van der Waals surface area (Å²) in [5, 5.41) is 6.82. The minimum absolute atomic E-state index is 0.0556. The van der Waals surface area contributed by atoms with Gasteiger partial charge in [0.05, 0.1) is 97.0 Å². The van der Waals surface area contributed by atoms with Gasteiger partial charge in [0.2, 0.25) is 5.91 Å². The molecule has 17 heteroatoms. The first-order valence-electron chi connectivity index (χ1n) is 35.9. The van der Waals surface area contributed by atoms with E-state index in [-0.39, 0.29) is 47.8 Å². The third kappa shape index (κ3) is 35.2. The molecule has 0 radical (unpaired) electrons. The first-order chi connectivity index (χ1) is 45.8. The van der Waals surface area contributed by atoms with Gasteiger partial charge < -0.3 is 52.1 Å². The number of carbonyl (C=O) groups excluding carboxylic acids is 1. The van der Waals surface area contributed by atoms with E-state index in [0.29, 0.717) is 72.3 Å². The largest absolute Gasteiger partial charge is 0.411 e. The molecule has 95 heavy (non-hydrogen) atoms. The molecule has 1 fully saturated rings. The minimum atomic E-state index is -2.59. The Bertz CT molecular complexity index is 2610. The predicted molar refractivity (Wildman–Crippen MR) is 393 cm³/mol. The fourth-order valence-corrected chi connectivity index (χ4v) is 13.4. The zero-order valence-corrected chi connectivity index (χ0v) is 62.7. The molecule has 0 spiro atoms. The van der Waals surface area contributed by atoms with Crippen LogP contribution in [0.25, 0.3) is 10.4 Å². The molecule has 3 aromatic carbocycles. The molecule has 1 aliphatic heterocycles. The summed E-state index contributed by atoms with van der Waals surface area (Å²) in [6, 6.07) is 30.5. The number of carbonyl (C=O) groups is 1. The number of benzene rings is 3. The number of ether oxygens (including phenoxy) is 8. The average Bonchev–Trinajstić information content (AvgIpc) is 0.799. The molecule has 1 amide bonds. The first kappa shape index (κ1) is 82.9. The second-order valence-electron chi connectivity index (χ2n) is 28.3. The maximum absolute atomic E-state index is 14.8. The molecule has 1 saturated heterocycles. The summed E-state index contributed by atoms with van der Waals surface area (Å²) in [5.41, 5.74) is 11.9. The van der Waals surface area contributed by atoms with Gasteiger partial charge in [0.1, 0.15) is 12.2 Å². The van der Waals surface area contributed by atoms with Crippen molar-refractivity contribution in [2.24, 2.45) is 11.0 Å². The van der Waals surface area contributed by atoms with Crippen molar-refractivity contribution in [1.82, 2.24) is 5.32 Å². The molecule has 15 nitrogen and oxygen atoms in total. The Hall–Kier alpha value is -4.57. The number of aryl methyl sites for hydroxylation is 1. The molecule has 8 atom stereocenters. The molecule has 0 aromatic heterocycles. The standard InChI is InChI=1S/C78H126N4O11Si2/c1-13-14-15-16-17-18-19-20-21-22-23-24-25-26-27-31-43-52-72(83)81-69(75(93-95(11,12)78(6,7)8)70(92-94(9,10)77(3,4)5)51-42-30-28-29-35-44-66-45-36-32-37-46-66)63-90-76-74(89-62-68-49-40-34-41-50-68)65(2)73(88-61-67-47-38-33-39-48-67)71(91-76)64-87-60-59-86-58-57-85-56-55-84-54-53-80-82-79/h17-18,20-21,23-24,26-27,32-34,36-41,45-50,65,69-71,73-76H,13-16,19,22,25,28-31,35,42-44,51-64H2,1-12H3,(H,81,83)/b18-17-,21-20-,24-23-,27-26-/t65-,69-,70-,71?,73+,74?,75-,76-/m0/s1. The number of nitrogens with one attached hydrogen (secondary N) is 1. The summed E-state index contributed by atoms with van der Waals surface area (Å²) >= 11 is 0. The van der Waals surface area contributed by atoms with Crippen molar-refractivity contribution in [3.63, 3.8) is 0 Å². The molecule has 1 N–H and O–H groups in total. The summed E-state index contributed by atoms with van der Waals surface area (Å²) in [4.78, 5) is 17.6. The van der Waals surface area contributed by atoms with E-state index in [9.17, 15) is 4.79 Å². The summed E-state index contributed by atoms with van der Waals surface area (Å²) in [7, 11) is -5.04. The van der Waals surface area contributed by atoms with Crippen LogP contribution in [0.3, 0.4) is 0 Å². The van der Waals surface area contributed by atoms with Gasteiger partial charge >= 0.3 is 0 Å². The van der Waals surface area contributed by atoms with Crippen LogP contribution >= 0.6 is 0 Å². The zero-order chi connectivity index (χ0) is 68.9. The van der Waals surface area contributed by atoms with E-state index in [1.807, 2.05) is 36.4 Å². The molecule has 1 aliphatic rings. The van der Waals surface area contributed by atoms with Crippen LogP contribution in [0.15, 0.2) is 145 Å². The average molecular weight is 1350 g/mol. The van der Waals surface area contributed by atoms with Crippen molar-refractivity contribution in [2.45, 2.75) is 257 Å². The first-order valence-corrected chi connectivity index (χ1v) is 41.8. The van der Waals surface area contributed by atoms with Crippen molar-refractivity contribution < 1.29 is 51.5 Å². The third-order valence-corrected chi connectivity index (χ3v) is 27.4. The number of allylic oxidation sites excluding steroid dienone is 8. The van der Waals surface area contributed by atoms with Crippen LogP contribution in [0.5, 0.6) is 0 Å². The van der Waals surface area contributed by atoms with Crippen LogP contribution in [0.1, 0.15) is 175 Å². The molecule has 532 valence electrons. The smallest absolute Gasteiger partial charge is 0.220 e. The number of azide groups is 1. The number of nitrogens with zero attached hydrogens (tertiary/aromatic N) is 3. The SMILES string of the molecule is CCCCC/C=C\C/C=C\C/C=C\C/C=C\CCCC(=O)N[C@@H](CO[C@H]1OC(COCCOCCOCCOCCN=[N+]=[N-])[C@H](OCc2ccccc2)[C@H](C)C1OCc1ccccc1)[C@H](O[Si](C)(C)C(C)(C)C)[C@H](CCCCCCCc1ccccc1)O[Si](C)(C)C(C)(C)C. The highest BCUT2D eigenvalue weighted by molar-refractivity contribution is 6.74. The fraction of sp³-hybridized carbons (Fsp3) is 0.654. The summed E-state index contributed by atoms with van der Waals surface area (Å²) in [5.74, 6) is -0.293. The molecule has 4 rings (SSSR count). The van der Waals surface area contributed by atoms with Gasteiger partial charge in [0.25, 0.3) is 0 Å². The maximum atomic E-state index is 14.8. The van der Waals surface area contributed by atoms with E-state index in [0.717, 1.165) is 81.8 Å². The molecule has 0 saturated carbocycles. The van der Waals surface area contributed by atoms with Gasteiger partial charge in [-0.1, -0.05) is 239 Å². The van der Waals surface area contributed by atoms with E-state index in [1.165, 1.54) is 31.2 Å². The van der Waals surface area contributed by atoms with Crippen molar-refractivity contribution in [1.29, 1.82) is 0 Å². The van der Waals surface area contributed by atoms with E-state index in [2.05, 4.69) is 200 Å². The zero-order valence-electron chi connectivity index (χ0n) is 60.7. The maximum Gasteiger partial charge on any atom is 0.220 e. The molecule has 1 heterocycles. The Labute approximate surface area is 577 Å². The van der Waals surface area contributed by atoms with Gasteiger partial charge in [0, 0.05) is 23.8 Å². The van der Waals surface area contributed by atoms with Crippen LogP contribution in [-0.4, -0.2) is 131 Å². The Morgan fingerprint density at radius 1 is 0.589 bits per heavy atom. The third-order valence-electron chi connectivity index (χ3n) is 18.4. The van der Waals surface area contributed by atoms with Crippen LogP contribution in [0.4, 0.5) is 0 Å². The van der Waals surface area contributed by atoms with Crippen molar-refractivity contribution in [3.05, 3.63) is 167 Å². The number of rotatable bonds is 52. The Kier molecular flexibility index (Phi) is 42.1. The predicted octanol–water partition coefficient (Wildman–Crippen LogP) is 18.9. The quantitative estimate of drug-likeness (QED) is 0.0142. The number of hydrogen-bond acceptors (Lipinski definition) is 12. The van der Waals surface area contributed by atoms with Crippen LogP contribution in [0, 0.1) is 5.92 Å². The van der Waals surface area contributed by atoms with Crippen LogP contribution in [-0.2, 0) is 71.2 Å². The van der Waals surface area contributed by atoms with Gasteiger partial charge in [0.15, 0.2) is 22.9 Å². The summed E-state index contributed by atoms with van der Waals surface area (Å²) in [6.45, 7) is 31.2. The molecule has 0 aliphatic carbocycles.